The highest BCUT2D eigenvalue weighted by molar-refractivity contribution is 7.98. The summed E-state index contributed by atoms with van der Waals surface area (Å²) in [5, 5.41) is 9.72. The van der Waals surface area contributed by atoms with Crippen LogP contribution in [-0.2, 0) is 23.1 Å². The van der Waals surface area contributed by atoms with Gasteiger partial charge in [0.1, 0.15) is 10.8 Å². The van der Waals surface area contributed by atoms with Crippen LogP contribution >= 0.6 is 23.1 Å². The van der Waals surface area contributed by atoms with E-state index in [1.54, 1.807) is 11.8 Å². The van der Waals surface area contributed by atoms with Crippen LogP contribution in [0, 0.1) is 12.8 Å². The molecule has 1 aliphatic rings. The molecule has 0 aliphatic carbocycles. The van der Waals surface area contributed by atoms with Crippen LogP contribution in [0.25, 0.3) is 10.6 Å². The van der Waals surface area contributed by atoms with Crippen molar-refractivity contribution in [3.63, 3.8) is 0 Å². The molecule has 1 unspecified atom stereocenters. The summed E-state index contributed by atoms with van der Waals surface area (Å²) in [5.41, 5.74) is 1.87. The van der Waals surface area contributed by atoms with E-state index in [0.29, 0.717) is 29.4 Å². The second-order valence-electron chi connectivity index (χ2n) is 7.64. The third-order valence-electron chi connectivity index (χ3n) is 5.20. The summed E-state index contributed by atoms with van der Waals surface area (Å²) in [6, 6.07) is 11.0. The van der Waals surface area contributed by atoms with E-state index in [9.17, 15) is 18.0 Å². The van der Waals surface area contributed by atoms with Crippen molar-refractivity contribution in [3.05, 3.63) is 64.2 Å². The molecule has 168 valence electrons. The molecule has 2 heterocycles. The van der Waals surface area contributed by atoms with Crippen LogP contribution < -0.4 is 4.74 Å². The summed E-state index contributed by atoms with van der Waals surface area (Å²) in [6.07, 6.45) is -3.59. The van der Waals surface area contributed by atoms with Gasteiger partial charge in [-0.15, -0.1) is 23.1 Å². The SMILES string of the molecule is Cc1nc(-c2ccc(C(F)(F)F)cc2)sc1CSc1ccc2c(c1)CC(CC(=O)O)CO2. The summed E-state index contributed by atoms with van der Waals surface area (Å²) in [7, 11) is 0. The fraction of sp³-hybridized carbons (Fsp3) is 0.304. The molecule has 0 amide bonds. The van der Waals surface area contributed by atoms with Crippen molar-refractivity contribution in [2.24, 2.45) is 5.92 Å². The number of carbonyl (C=O) groups is 1. The summed E-state index contributed by atoms with van der Waals surface area (Å²) in [6.45, 7) is 2.32. The van der Waals surface area contributed by atoms with Crippen LogP contribution in [0.15, 0.2) is 47.4 Å². The molecule has 1 atom stereocenters. The number of carboxylic acid groups (broad SMARTS) is 1. The quantitative estimate of drug-likeness (QED) is 0.412. The zero-order valence-electron chi connectivity index (χ0n) is 17.1. The molecule has 3 aromatic rings. The average Bonchev–Trinajstić information content (AvgIpc) is 3.11. The highest BCUT2D eigenvalue weighted by Gasteiger charge is 2.30. The third-order valence-corrected chi connectivity index (χ3v) is 7.61. The number of thioether (sulfide) groups is 1. The smallest absolute Gasteiger partial charge is 0.416 e. The first-order chi connectivity index (χ1) is 15.2. The van der Waals surface area contributed by atoms with E-state index in [4.69, 9.17) is 9.84 Å². The molecule has 0 saturated carbocycles. The largest absolute Gasteiger partial charge is 0.493 e. The Bertz CT molecular complexity index is 1130. The number of nitrogens with zero attached hydrogens (tertiary/aromatic N) is 1. The molecule has 0 fully saturated rings. The van der Waals surface area contributed by atoms with Crippen molar-refractivity contribution in [3.8, 4) is 16.3 Å². The van der Waals surface area contributed by atoms with E-state index < -0.39 is 17.7 Å². The zero-order valence-corrected chi connectivity index (χ0v) is 18.7. The van der Waals surface area contributed by atoms with Gasteiger partial charge >= 0.3 is 12.1 Å². The fourth-order valence-electron chi connectivity index (χ4n) is 3.54. The molecule has 32 heavy (non-hydrogen) atoms. The van der Waals surface area contributed by atoms with Crippen LogP contribution in [0.4, 0.5) is 13.2 Å². The molecular formula is C23H20F3NO3S2. The maximum absolute atomic E-state index is 12.8. The molecule has 1 N–H and O–H groups in total. The highest BCUT2D eigenvalue weighted by Crippen LogP contribution is 2.37. The van der Waals surface area contributed by atoms with E-state index in [-0.39, 0.29) is 12.3 Å². The Balaban J connectivity index is 1.44. The molecule has 0 saturated heterocycles. The molecule has 0 bridgehead atoms. The molecule has 4 nitrogen and oxygen atoms in total. The first-order valence-electron chi connectivity index (χ1n) is 9.93. The van der Waals surface area contributed by atoms with Crippen LogP contribution in [0.1, 0.15) is 28.1 Å². The van der Waals surface area contributed by atoms with Crippen molar-refractivity contribution in [2.45, 2.75) is 36.6 Å². The monoisotopic (exact) mass is 479 g/mol. The Labute approximate surface area is 191 Å². The zero-order chi connectivity index (χ0) is 22.9. The van der Waals surface area contributed by atoms with Crippen LogP contribution in [-0.4, -0.2) is 22.7 Å². The number of aromatic nitrogens is 1. The van der Waals surface area contributed by atoms with E-state index in [0.717, 1.165) is 38.9 Å². The number of alkyl halides is 3. The number of rotatable bonds is 6. The standard InChI is InChI=1S/C23H20F3NO3S2/c1-13-20(32-22(27-13)15-2-4-17(5-3-15)23(24,25)26)12-31-18-6-7-19-16(10-18)8-14(11-30-19)9-21(28)29/h2-7,10,14H,8-9,11-12H2,1H3,(H,28,29). The Kier molecular flexibility index (Phi) is 6.48. The van der Waals surface area contributed by atoms with Gasteiger partial charge in [-0.1, -0.05) is 12.1 Å². The molecule has 0 radical (unpaired) electrons. The number of ether oxygens (including phenoxy) is 1. The number of thiazole rings is 1. The van der Waals surface area contributed by atoms with Crippen molar-refractivity contribution in [1.82, 2.24) is 4.98 Å². The number of aryl methyl sites for hydroxylation is 1. The van der Waals surface area contributed by atoms with Crippen molar-refractivity contribution in [2.75, 3.05) is 6.61 Å². The van der Waals surface area contributed by atoms with Crippen LogP contribution in [0.2, 0.25) is 0 Å². The number of hydrogen-bond donors (Lipinski definition) is 1. The minimum Gasteiger partial charge on any atom is -0.493 e. The molecular weight excluding hydrogens is 459 g/mol. The van der Waals surface area contributed by atoms with Gasteiger partial charge in [0.2, 0.25) is 0 Å². The fourth-order valence-corrected chi connectivity index (χ4v) is 5.71. The maximum atomic E-state index is 12.8. The lowest BCUT2D eigenvalue weighted by Crippen LogP contribution is -2.23. The average molecular weight is 480 g/mol. The van der Waals surface area contributed by atoms with Gasteiger partial charge in [-0.3, -0.25) is 4.79 Å². The van der Waals surface area contributed by atoms with Crippen molar-refractivity contribution < 1.29 is 27.8 Å². The predicted octanol–water partition coefficient (Wildman–Crippen LogP) is 6.46. The minimum atomic E-state index is -4.35. The molecule has 4 rings (SSSR count). The molecule has 1 aromatic heterocycles. The molecule has 2 aromatic carbocycles. The highest BCUT2D eigenvalue weighted by atomic mass is 32.2. The second kappa shape index (κ2) is 9.15. The Morgan fingerprint density at radius 2 is 2.00 bits per heavy atom. The molecule has 0 spiro atoms. The molecule has 9 heteroatoms. The molecule has 1 aliphatic heterocycles. The predicted molar refractivity (Wildman–Crippen MR) is 118 cm³/mol. The number of fused-ring (bicyclic) bond motifs is 1. The summed E-state index contributed by atoms with van der Waals surface area (Å²) in [5.74, 6) is 0.629. The Morgan fingerprint density at radius 1 is 1.25 bits per heavy atom. The van der Waals surface area contributed by atoms with Crippen molar-refractivity contribution >= 4 is 29.1 Å². The number of halogens is 3. The lowest BCUT2D eigenvalue weighted by molar-refractivity contribution is -0.139. The van der Waals surface area contributed by atoms with Crippen molar-refractivity contribution in [1.29, 1.82) is 0 Å². The Morgan fingerprint density at radius 3 is 2.69 bits per heavy atom. The van der Waals surface area contributed by atoms with Gasteiger partial charge in [-0.05, 0) is 49.2 Å². The van der Waals surface area contributed by atoms with Crippen LogP contribution in [0.5, 0.6) is 5.75 Å². The first kappa shape index (κ1) is 22.7. The summed E-state index contributed by atoms with van der Waals surface area (Å²) < 4.78 is 44.1. The van der Waals surface area contributed by atoms with Gasteiger partial charge in [0.15, 0.2) is 0 Å². The maximum Gasteiger partial charge on any atom is 0.416 e. The first-order valence-corrected chi connectivity index (χ1v) is 11.7. The summed E-state index contributed by atoms with van der Waals surface area (Å²) in [4.78, 5) is 17.6. The van der Waals surface area contributed by atoms with E-state index in [1.807, 2.05) is 25.1 Å². The lowest BCUT2D eigenvalue weighted by Gasteiger charge is -2.24. The second-order valence-corrected chi connectivity index (χ2v) is 9.77. The topological polar surface area (TPSA) is 59.4 Å². The van der Waals surface area contributed by atoms with Gasteiger partial charge < -0.3 is 9.84 Å². The third kappa shape index (κ3) is 5.27. The van der Waals surface area contributed by atoms with Gasteiger partial charge in [0.05, 0.1) is 24.3 Å². The number of aliphatic carboxylic acids is 1. The Hall–Kier alpha value is -2.52. The van der Waals surface area contributed by atoms with Crippen LogP contribution in [0.3, 0.4) is 0 Å². The van der Waals surface area contributed by atoms with E-state index in [1.165, 1.54) is 23.5 Å². The van der Waals surface area contributed by atoms with E-state index >= 15 is 0 Å². The van der Waals surface area contributed by atoms with Gasteiger partial charge in [0, 0.05) is 27.0 Å². The number of carboxylic acids is 1. The van der Waals surface area contributed by atoms with Gasteiger partial charge in [0.25, 0.3) is 0 Å². The minimum absolute atomic E-state index is 0.0321. The van der Waals surface area contributed by atoms with Gasteiger partial charge in [-0.25, -0.2) is 4.98 Å². The lowest BCUT2D eigenvalue weighted by atomic mass is 9.94. The normalized spacial score (nSPS) is 15.8. The summed E-state index contributed by atoms with van der Waals surface area (Å²) >= 11 is 3.12. The number of benzene rings is 2. The number of hydrogen-bond acceptors (Lipinski definition) is 5. The van der Waals surface area contributed by atoms with E-state index in [2.05, 4.69) is 4.98 Å². The van der Waals surface area contributed by atoms with Gasteiger partial charge in [-0.2, -0.15) is 13.2 Å².